The van der Waals surface area contributed by atoms with E-state index >= 15 is 0 Å². The van der Waals surface area contributed by atoms with Crippen LogP contribution in [0.5, 0.6) is 0 Å². The summed E-state index contributed by atoms with van der Waals surface area (Å²) in [6.45, 7) is 0.767. The number of carbonyl (C=O) groups excluding carboxylic acids is 1. The zero-order chi connectivity index (χ0) is 17.8. The van der Waals surface area contributed by atoms with Crippen molar-refractivity contribution in [3.8, 4) is 11.1 Å². The molecule has 1 aliphatic carbocycles. The maximum Gasteiger partial charge on any atom is 0.407 e. The van der Waals surface area contributed by atoms with E-state index < -0.39 is 6.09 Å². The highest BCUT2D eigenvalue weighted by molar-refractivity contribution is 5.79. The van der Waals surface area contributed by atoms with Gasteiger partial charge in [0.15, 0.2) is 0 Å². The number of hydrogen-bond acceptors (Lipinski definition) is 2. The van der Waals surface area contributed by atoms with Crippen molar-refractivity contribution < 1.29 is 9.53 Å². The third-order valence-electron chi connectivity index (χ3n) is 4.64. The predicted molar refractivity (Wildman–Crippen MR) is 103 cm³/mol. The van der Waals surface area contributed by atoms with Gasteiger partial charge >= 0.3 is 6.09 Å². The van der Waals surface area contributed by atoms with E-state index in [1.165, 1.54) is 22.3 Å². The summed E-state index contributed by atoms with van der Waals surface area (Å²) in [7, 11) is 0. The molecule has 1 aliphatic rings. The highest BCUT2D eigenvalue weighted by atomic mass is 16.5. The molecule has 0 bridgehead atoms. The molecule has 1 aromatic heterocycles. The Labute approximate surface area is 152 Å². The Morgan fingerprint density at radius 3 is 2.38 bits per heavy atom. The molecule has 0 fully saturated rings. The third kappa shape index (κ3) is 3.26. The van der Waals surface area contributed by atoms with Crippen molar-refractivity contribution in [1.82, 2.24) is 10.3 Å². The Kier molecular flexibility index (Phi) is 4.56. The lowest BCUT2D eigenvalue weighted by Crippen LogP contribution is -2.26. The van der Waals surface area contributed by atoms with E-state index in [-0.39, 0.29) is 5.92 Å². The molecule has 1 heterocycles. The minimum atomic E-state index is -0.398. The molecule has 130 valence electrons. The fourth-order valence-corrected chi connectivity index (χ4v) is 3.43. The molecule has 0 atom stereocenters. The summed E-state index contributed by atoms with van der Waals surface area (Å²) in [6, 6.07) is 18.6. The lowest BCUT2D eigenvalue weighted by Gasteiger charge is -2.14. The predicted octanol–water partition coefficient (Wildman–Crippen LogP) is 4.57. The highest BCUT2D eigenvalue weighted by Gasteiger charge is 2.28. The second-order valence-corrected chi connectivity index (χ2v) is 6.25. The Morgan fingerprint density at radius 2 is 1.73 bits per heavy atom. The molecule has 1 amide bonds. The lowest BCUT2D eigenvalue weighted by atomic mass is 9.98. The van der Waals surface area contributed by atoms with Crippen LogP contribution in [0, 0.1) is 0 Å². The van der Waals surface area contributed by atoms with Crippen molar-refractivity contribution in [3.05, 3.63) is 89.8 Å². The van der Waals surface area contributed by atoms with Gasteiger partial charge in [-0.25, -0.2) is 4.79 Å². The molecular weight excluding hydrogens is 324 g/mol. The summed E-state index contributed by atoms with van der Waals surface area (Å²) < 4.78 is 5.49. The zero-order valence-electron chi connectivity index (χ0n) is 14.3. The summed E-state index contributed by atoms with van der Waals surface area (Å²) in [5.74, 6) is 0.0866. The molecule has 4 heteroatoms. The summed E-state index contributed by atoms with van der Waals surface area (Å²) in [5.41, 5.74) is 5.96. The van der Waals surface area contributed by atoms with Crippen molar-refractivity contribution in [1.29, 1.82) is 0 Å². The van der Waals surface area contributed by atoms with E-state index in [4.69, 9.17) is 4.74 Å². The number of H-pyrrole nitrogens is 1. The first-order chi connectivity index (χ1) is 12.8. The van der Waals surface area contributed by atoms with E-state index in [1.807, 2.05) is 54.9 Å². The standard InChI is InChI=1S/C22H20N2O2/c25-22(24-12-5-6-16-11-13-23-14-16)26-15-21-19-9-3-1-7-17(19)18-8-2-4-10-20(18)21/h1-11,13-14,21,23H,12,15H2,(H,24,25). The van der Waals surface area contributed by atoms with Gasteiger partial charge in [-0.05, 0) is 33.9 Å². The van der Waals surface area contributed by atoms with Crippen LogP contribution in [0.3, 0.4) is 0 Å². The number of alkyl carbamates (subject to hydrolysis) is 1. The third-order valence-corrected chi connectivity index (χ3v) is 4.64. The topological polar surface area (TPSA) is 54.1 Å². The summed E-state index contributed by atoms with van der Waals surface area (Å²) in [4.78, 5) is 15.0. The number of rotatable bonds is 5. The van der Waals surface area contributed by atoms with Gasteiger partial charge in [-0.1, -0.05) is 60.7 Å². The van der Waals surface area contributed by atoms with Crippen LogP contribution >= 0.6 is 0 Å². The van der Waals surface area contributed by atoms with Crippen LogP contribution in [0.15, 0.2) is 73.1 Å². The number of nitrogens with one attached hydrogen (secondary N) is 2. The average Bonchev–Trinajstić information content (AvgIpc) is 3.30. The van der Waals surface area contributed by atoms with Gasteiger partial charge in [0.25, 0.3) is 0 Å². The number of ether oxygens (including phenoxy) is 1. The molecule has 4 nitrogen and oxygen atoms in total. The first-order valence-corrected chi connectivity index (χ1v) is 8.71. The Hall–Kier alpha value is -3.27. The summed E-state index contributed by atoms with van der Waals surface area (Å²) in [6.07, 6.45) is 7.19. The molecular formula is C22H20N2O2. The highest BCUT2D eigenvalue weighted by Crippen LogP contribution is 2.44. The number of aromatic nitrogens is 1. The monoisotopic (exact) mass is 344 g/mol. The smallest absolute Gasteiger partial charge is 0.407 e. The second-order valence-electron chi connectivity index (χ2n) is 6.25. The minimum Gasteiger partial charge on any atom is -0.449 e. The van der Waals surface area contributed by atoms with E-state index in [0.29, 0.717) is 13.2 Å². The average molecular weight is 344 g/mol. The maximum absolute atomic E-state index is 12.0. The molecule has 2 aromatic carbocycles. The van der Waals surface area contributed by atoms with Crippen LogP contribution in [0.1, 0.15) is 22.6 Å². The quantitative estimate of drug-likeness (QED) is 0.712. The van der Waals surface area contributed by atoms with Crippen LogP contribution in [-0.4, -0.2) is 24.2 Å². The van der Waals surface area contributed by atoms with Crippen LogP contribution in [0.25, 0.3) is 17.2 Å². The fourth-order valence-electron chi connectivity index (χ4n) is 3.43. The normalized spacial score (nSPS) is 12.8. The van der Waals surface area contributed by atoms with Gasteiger partial charge in [0.2, 0.25) is 0 Å². The second kappa shape index (κ2) is 7.31. The molecule has 2 N–H and O–H groups in total. The van der Waals surface area contributed by atoms with Gasteiger partial charge < -0.3 is 15.0 Å². The zero-order valence-corrected chi connectivity index (χ0v) is 14.3. The van der Waals surface area contributed by atoms with E-state index in [1.54, 1.807) is 0 Å². The number of fused-ring (bicyclic) bond motifs is 3. The number of carbonyl (C=O) groups is 1. The van der Waals surface area contributed by atoms with E-state index in [2.05, 4.69) is 34.6 Å². The summed E-state index contributed by atoms with van der Waals surface area (Å²) >= 11 is 0. The van der Waals surface area contributed by atoms with Crippen LogP contribution in [0.2, 0.25) is 0 Å². The van der Waals surface area contributed by atoms with Gasteiger partial charge in [0.1, 0.15) is 6.61 Å². The number of amides is 1. The van der Waals surface area contributed by atoms with Gasteiger partial charge in [0.05, 0.1) is 0 Å². The van der Waals surface area contributed by atoms with Crippen molar-refractivity contribution in [2.75, 3.05) is 13.2 Å². The summed E-state index contributed by atoms with van der Waals surface area (Å²) in [5, 5.41) is 2.76. The molecule has 0 unspecified atom stereocenters. The Morgan fingerprint density at radius 1 is 1.04 bits per heavy atom. The van der Waals surface area contributed by atoms with Crippen LogP contribution < -0.4 is 5.32 Å². The van der Waals surface area contributed by atoms with E-state index in [0.717, 1.165) is 5.56 Å². The molecule has 3 aromatic rings. The molecule has 0 saturated heterocycles. The number of benzene rings is 2. The largest absolute Gasteiger partial charge is 0.449 e. The first-order valence-electron chi connectivity index (χ1n) is 8.71. The Balaban J connectivity index is 1.36. The lowest BCUT2D eigenvalue weighted by molar-refractivity contribution is 0.144. The maximum atomic E-state index is 12.0. The van der Waals surface area contributed by atoms with Crippen molar-refractivity contribution >= 4 is 12.2 Å². The first kappa shape index (κ1) is 16.2. The van der Waals surface area contributed by atoms with E-state index in [9.17, 15) is 4.79 Å². The SMILES string of the molecule is O=C(NCC=Cc1cc[nH]c1)OCC1c2ccccc2-c2ccccc21. The number of aromatic amines is 1. The van der Waals surface area contributed by atoms with Crippen molar-refractivity contribution in [2.45, 2.75) is 5.92 Å². The molecule has 0 aliphatic heterocycles. The van der Waals surface area contributed by atoms with Crippen molar-refractivity contribution in [2.24, 2.45) is 0 Å². The van der Waals surface area contributed by atoms with Gasteiger partial charge in [-0.15, -0.1) is 0 Å². The van der Waals surface area contributed by atoms with Gasteiger partial charge in [0, 0.05) is 24.9 Å². The van der Waals surface area contributed by atoms with Gasteiger partial charge in [-0.2, -0.15) is 0 Å². The molecule has 26 heavy (non-hydrogen) atoms. The number of hydrogen-bond donors (Lipinski definition) is 2. The molecule has 0 saturated carbocycles. The van der Waals surface area contributed by atoms with Gasteiger partial charge in [-0.3, -0.25) is 0 Å². The fraction of sp³-hybridized carbons (Fsp3) is 0.136. The molecule has 4 rings (SSSR count). The molecule has 0 radical (unpaired) electrons. The minimum absolute atomic E-state index is 0.0866. The Bertz CT molecular complexity index is 883. The molecule has 0 spiro atoms. The van der Waals surface area contributed by atoms with Crippen LogP contribution in [0.4, 0.5) is 4.79 Å². The van der Waals surface area contributed by atoms with Crippen LogP contribution in [-0.2, 0) is 4.74 Å². The van der Waals surface area contributed by atoms with Crippen molar-refractivity contribution in [3.63, 3.8) is 0 Å².